The van der Waals surface area contributed by atoms with E-state index in [4.69, 9.17) is 0 Å². The summed E-state index contributed by atoms with van der Waals surface area (Å²) in [6, 6.07) is 4.89. The molecule has 0 bridgehead atoms. The van der Waals surface area contributed by atoms with Gasteiger partial charge in [-0.15, -0.1) is 35.3 Å². The molecule has 4 heterocycles. The molecule has 0 aromatic carbocycles. The monoisotopic (exact) mass is 449 g/mol. The van der Waals surface area contributed by atoms with Crippen LogP contribution in [-0.2, 0) is 20.9 Å². The second-order valence-electron chi connectivity index (χ2n) is 6.72. The van der Waals surface area contributed by atoms with Gasteiger partial charge in [-0.3, -0.25) is 14.5 Å². The first-order valence-electron chi connectivity index (χ1n) is 9.09. The van der Waals surface area contributed by atoms with Crippen molar-refractivity contribution >= 4 is 53.1 Å². The van der Waals surface area contributed by atoms with Gasteiger partial charge in [0.15, 0.2) is 18.9 Å². The van der Waals surface area contributed by atoms with Gasteiger partial charge >= 0.3 is 0 Å². The average molecular weight is 450 g/mol. The van der Waals surface area contributed by atoms with Crippen LogP contribution in [0.2, 0.25) is 0 Å². The van der Waals surface area contributed by atoms with Crippen LogP contribution in [0, 0.1) is 0 Å². The first-order chi connectivity index (χ1) is 14.0. The summed E-state index contributed by atoms with van der Waals surface area (Å²) in [5.41, 5.74) is 0.559. The summed E-state index contributed by atoms with van der Waals surface area (Å²) in [6.07, 6.45) is 3.93. The van der Waals surface area contributed by atoms with Crippen LogP contribution < -0.4 is 15.0 Å². The molecule has 0 radical (unpaired) electrons. The molecular formula is C19H19N3O4S3. The SMILES string of the molecule is O=C(CC1=CSCCS1)NC1C(=O)N2C(C(=O)[O-])=C(C[n+]3ccccc3)CSC12. The predicted molar refractivity (Wildman–Crippen MR) is 111 cm³/mol. The number of aliphatic carboxylic acids is 1. The molecule has 29 heavy (non-hydrogen) atoms. The van der Waals surface area contributed by atoms with E-state index in [1.165, 1.54) is 16.7 Å². The first-order valence-corrected chi connectivity index (χ1v) is 12.2. The number of carbonyl (C=O) groups is 3. The number of amides is 2. The lowest BCUT2D eigenvalue weighted by Gasteiger charge is -2.50. The van der Waals surface area contributed by atoms with Gasteiger partial charge in [-0.2, -0.15) is 0 Å². The molecule has 1 aromatic rings. The highest BCUT2D eigenvalue weighted by molar-refractivity contribution is 8.09. The summed E-state index contributed by atoms with van der Waals surface area (Å²) < 4.78 is 1.86. The van der Waals surface area contributed by atoms with Crippen molar-refractivity contribution in [2.24, 2.45) is 0 Å². The van der Waals surface area contributed by atoms with E-state index >= 15 is 0 Å². The van der Waals surface area contributed by atoms with E-state index in [0.717, 1.165) is 16.4 Å². The molecule has 3 aliphatic rings. The van der Waals surface area contributed by atoms with Gasteiger partial charge in [-0.25, -0.2) is 4.57 Å². The molecule has 3 aliphatic heterocycles. The summed E-state index contributed by atoms with van der Waals surface area (Å²) >= 11 is 4.81. The number of pyridine rings is 1. The van der Waals surface area contributed by atoms with Gasteiger partial charge in [-0.05, 0) is 5.41 Å². The highest BCUT2D eigenvalue weighted by Crippen LogP contribution is 2.40. The number of carbonyl (C=O) groups excluding carboxylic acids is 3. The number of thioether (sulfide) groups is 3. The molecule has 1 aromatic heterocycles. The van der Waals surface area contributed by atoms with Gasteiger partial charge in [0.25, 0.3) is 5.91 Å². The molecule has 4 rings (SSSR count). The predicted octanol–water partition coefficient (Wildman–Crippen LogP) is 0.0895. The standard InChI is InChI=1S/C19H19N3O4S3/c23-14(8-13-11-27-6-7-28-13)20-15-17(24)22-16(19(25)26)12(10-29-18(15)22)9-21-4-2-1-3-5-21/h1-5,11,15,18H,6-10H2,(H-,20,23,25,26). The highest BCUT2D eigenvalue weighted by Gasteiger charge is 2.53. The number of nitrogens with one attached hydrogen (secondary N) is 1. The number of fused-ring (bicyclic) bond motifs is 1. The van der Waals surface area contributed by atoms with Crippen molar-refractivity contribution in [2.75, 3.05) is 17.3 Å². The molecule has 1 fully saturated rings. The van der Waals surface area contributed by atoms with Gasteiger partial charge in [0.05, 0.1) is 18.1 Å². The quantitative estimate of drug-likeness (QED) is 0.486. The Hall–Kier alpha value is -1.91. The van der Waals surface area contributed by atoms with Crippen LogP contribution >= 0.6 is 35.3 Å². The Kier molecular flexibility index (Phi) is 6.21. The summed E-state index contributed by atoms with van der Waals surface area (Å²) in [6.45, 7) is 0.369. The number of carboxylic acids is 1. The number of nitrogens with zero attached hydrogens (tertiary/aromatic N) is 2. The average Bonchev–Trinajstić information content (AvgIpc) is 2.73. The largest absolute Gasteiger partial charge is 0.543 e. The molecule has 0 saturated carbocycles. The van der Waals surface area contributed by atoms with Crippen molar-refractivity contribution in [2.45, 2.75) is 24.4 Å². The third kappa shape index (κ3) is 4.34. The van der Waals surface area contributed by atoms with E-state index in [0.29, 0.717) is 17.9 Å². The maximum Gasteiger partial charge on any atom is 0.253 e. The Morgan fingerprint density at radius 3 is 2.72 bits per heavy atom. The minimum atomic E-state index is -1.36. The van der Waals surface area contributed by atoms with Gasteiger partial charge in [0.1, 0.15) is 11.4 Å². The van der Waals surface area contributed by atoms with Crippen molar-refractivity contribution in [1.82, 2.24) is 10.2 Å². The second-order valence-corrected chi connectivity index (χ2v) is 10.0. The Morgan fingerprint density at radius 2 is 2.03 bits per heavy atom. The van der Waals surface area contributed by atoms with Crippen molar-refractivity contribution in [3.8, 4) is 0 Å². The van der Waals surface area contributed by atoms with E-state index in [1.807, 2.05) is 40.6 Å². The molecule has 10 heteroatoms. The molecule has 2 unspecified atom stereocenters. The molecule has 2 atom stereocenters. The Morgan fingerprint density at radius 1 is 1.24 bits per heavy atom. The van der Waals surface area contributed by atoms with Gasteiger partial charge in [-0.1, -0.05) is 6.07 Å². The number of hydrogen-bond donors (Lipinski definition) is 1. The van der Waals surface area contributed by atoms with Crippen LogP contribution in [0.5, 0.6) is 0 Å². The minimum absolute atomic E-state index is 0.0671. The van der Waals surface area contributed by atoms with Crippen molar-refractivity contribution in [3.63, 3.8) is 0 Å². The second kappa shape index (κ2) is 8.85. The lowest BCUT2D eigenvalue weighted by atomic mass is 10.0. The Bertz CT molecular complexity index is 903. The lowest BCUT2D eigenvalue weighted by Crippen LogP contribution is -2.71. The fraction of sp³-hybridized carbons (Fsp3) is 0.368. The zero-order valence-corrected chi connectivity index (χ0v) is 17.9. The molecule has 0 aliphatic carbocycles. The van der Waals surface area contributed by atoms with Crippen LogP contribution in [0.25, 0.3) is 0 Å². The fourth-order valence-corrected chi connectivity index (χ4v) is 6.85. The zero-order chi connectivity index (χ0) is 20.4. The normalized spacial score (nSPS) is 23.8. The number of hydrogen-bond acceptors (Lipinski definition) is 7. The number of carboxylic acid groups (broad SMARTS) is 1. The van der Waals surface area contributed by atoms with Crippen molar-refractivity contribution in [3.05, 3.63) is 52.2 Å². The van der Waals surface area contributed by atoms with E-state index in [2.05, 4.69) is 5.32 Å². The van der Waals surface area contributed by atoms with Gasteiger partial charge < -0.3 is 15.2 Å². The van der Waals surface area contributed by atoms with E-state index < -0.39 is 23.3 Å². The van der Waals surface area contributed by atoms with Crippen molar-refractivity contribution < 1.29 is 24.1 Å². The molecule has 0 spiro atoms. The highest BCUT2D eigenvalue weighted by atomic mass is 32.2. The molecule has 1 saturated heterocycles. The topological polar surface area (TPSA) is 93.4 Å². The smallest absolute Gasteiger partial charge is 0.253 e. The van der Waals surface area contributed by atoms with E-state index in [9.17, 15) is 19.5 Å². The number of rotatable bonds is 6. The number of β-lactam (4-membered cyclic amide) rings is 1. The zero-order valence-electron chi connectivity index (χ0n) is 15.4. The lowest BCUT2D eigenvalue weighted by molar-refractivity contribution is -0.689. The van der Waals surface area contributed by atoms with E-state index in [1.54, 1.807) is 23.5 Å². The van der Waals surface area contributed by atoms with Crippen LogP contribution in [0.15, 0.2) is 52.2 Å². The van der Waals surface area contributed by atoms with Crippen LogP contribution in [0.4, 0.5) is 0 Å². The molecule has 1 N–H and O–H groups in total. The summed E-state index contributed by atoms with van der Waals surface area (Å²) in [5.74, 6) is 0.497. The summed E-state index contributed by atoms with van der Waals surface area (Å²) in [5, 5.41) is 16.2. The molecule has 152 valence electrons. The maximum absolute atomic E-state index is 12.7. The molecule has 7 nitrogen and oxygen atoms in total. The Balaban J connectivity index is 1.45. The first kappa shape index (κ1) is 20.4. The van der Waals surface area contributed by atoms with Crippen LogP contribution in [0.3, 0.4) is 0 Å². The molecule has 2 amide bonds. The van der Waals surface area contributed by atoms with Gasteiger partial charge in [0, 0.05) is 39.9 Å². The van der Waals surface area contributed by atoms with Crippen LogP contribution in [-0.4, -0.2) is 51.4 Å². The molecular weight excluding hydrogens is 430 g/mol. The van der Waals surface area contributed by atoms with Crippen LogP contribution in [0.1, 0.15) is 6.42 Å². The minimum Gasteiger partial charge on any atom is -0.543 e. The van der Waals surface area contributed by atoms with Gasteiger partial charge in [0.2, 0.25) is 5.91 Å². The summed E-state index contributed by atoms with van der Waals surface area (Å²) in [7, 11) is 0. The fourth-order valence-electron chi connectivity index (χ4n) is 3.44. The summed E-state index contributed by atoms with van der Waals surface area (Å²) in [4.78, 5) is 39.1. The van der Waals surface area contributed by atoms with E-state index in [-0.39, 0.29) is 18.0 Å². The number of aromatic nitrogens is 1. The third-order valence-electron chi connectivity index (χ3n) is 4.75. The maximum atomic E-state index is 12.7. The van der Waals surface area contributed by atoms with Crippen molar-refractivity contribution in [1.29, 1.82) is 0 Å². The Labute approximate surface area is 181 Å². The third-order valence-corrected chi connectivity index (χ3v) is 8.43.